The van der Waals surface area contributed by atoms with Crippen molar-refractivity contribution < 1.29 is 22.7 Å². The van der Waals surface area contributed by atoms with Crippen LogP contribution in [-0.4, -0.2) is 68.7 Å². The molecule has 3 rings (SSSR count). The van der Waals surface area contributed by atoms with E-state index in [4.69, 9.17) is 9.47 Å². The Bertz CT molecular complexity index is 727. The third-order valence-corrected chi connectivity index (χ3v) is 7.13. The monoisotopic (exact) mass is 382 g/mol. The third-order valence-electron chi connectivity index (χ3n) is 5.07. The van der Waals surface area contributed by atoms with Gasteiger partial charge in [-0.25, -0.2) is 8.42 Å². The van der Waals surface area contributed by atoms with Gasteiger partial charge in [-0.05, 0) is 24.3 Å². The van der Waals surface area contributed by atoms with E-state index in [2.05, 4.69) is 0 Å². The predicted octanol–water partition coefficient (Wildman–Crippen LogP) is 1.70. The first kappa shape index (κ1) is 19.3. The Balaban J connectivity index is 1.68. The highest BCUT2D eigenvalue weighted by atomic mass is 32.2. The first-order chi connectivity index (χ1) is 12.4. The largest absolute Gasteiger partial charge is 0.347 e. The molecule has 0 radical (unpaired) electrons. The number of benzene rings is 1. The highest BCUT2D eigenvalue weighted by molar-refractivity contribution is 7.89. The van der Waals surface area contributed by atoms with Gasteiger partial charge in [0.25, 0.3) is 5.91 Å². The Morgan fingerprint density at radius 3 is 2.12 bits per heavy atom. The first-order valence-corrected chi connectivity index (χ1v) is 10.5. The van der Waals surface area contributed by atoms with Crippen molar-refractivity contribution in [2.24, 2.45) is 0 Å². The quantitative estimate of drug-likeness (QED) is 0.775. The summed E-state index contributed by atoms with van der Waals surface area (Å²) >= 11 is 0. The molecule has 0 bridgehead atoms. The second kappa shape index (κ2) is 7.64. The molecule has 1 spiro atoms. The van der Waals surface area contributed by atoms with Crippen LogP contribution in [0.1, 0.15) is 37.0 Å². The van der Waals surface area contributed by atoms with Crippen molar-refractivity contribution in [1.82, 2.24) is 9.21 Å². The second-order valence-corrected chi connectivity index (χ2v) is 8.45. The van der Waals surface area contributed by atoms with E-state index in [1.165, 1.54) is 16.4 Å². The summed E-state index contributed by atoms with van der Waals surface area (Å²) in [6, 6.07) is 6.20. The van der Waals surface area contributed by atoms with E-state index in [9.17, 15) is 13.2 Å². The van der Waals surface area contributed by atoms with Gasteiger partial charge in [0.2, 0.25) is 10.0 Å². The SMILES string of the molecule is CCN(CC)S(=O)(=O)c1ccc(C(=O)N2CCC3(CC2)OCCO3)cc1. The van der Waals surface area contributed by atoms with Gasteiger partial charge in [-0.15, -0.1) is 0 Å². The number of rotatable bonds is 5. The van der Waals surface area contributed by atoms with Gasteiger partial charge in [0.1, 0.15) is 0 Å². The summed E-state index contributed by atoms with van der Waals surface area (Å²) in [5.41, 5.74) is 0.493. The smallest absolute Gasteiger partial charge is 0.253 e. The molecule has 0 atom stereocenters. The van der Waals surface area contributed by atoms with Crippen LogP contribution in [0.5, 0.6) is 0 Å². The number of hydrogen-bond donors (Lipinski definition) is 0. The van der Waals surface area contributed by atoms with Crippen LogP contribution in [0.25, 0.3) is 0 Å². The van der Waals surface area contributed by atoms with Crippen molar-refractivity contribution in [2.75, 3.05) is 39.4 Å². The number of piperidine rings is 1. The Morgan fingerprint density at radius 2 is 1.62 bits per heavy atom. The van der Waals surface area contributed by atoms with Crippen LogP contribution in [-0.2, 0) is 19.5 Å². The lowest BCUT2D eigenvalue weighted by Crippen LogP contribution is -2.47. The molecular formula is C18H26N2O5S. The molecule has 8 heteroatoms. The summed E-state index contributed by atoms with van der Waals surface area (Å²) < 4.78 is 37.8. The van der Waals surface area contributed by atoms with Gasteiger partial charge in [-0.2, -0.15) is 4.31 Å². The summed E-state index contributed by atoms with van der Waals surface area (Å²) in [4.78, 5) is 14.7. The van der Waals surface area contributed by atoms with Crippen LogP contribution in [0, 0.1) is 0 Å². The molecule has 2 aliphatic heterocycles. The fourth-order valence-electron chi connectivity index (χ4n) is 3.50. The molecule has 0 saturated carbocycles. The summed E-state index contributed by atoms with van der Waals surface area (Å²) in [7, 11) is -3.51. The van der Waals surface area contributed by atoms with Gasteiger partial charge < -0.3 is 14.4 Å². The Kier molecular flexibility index (Phi) is 5.67. The zero-order chi connectivity index (χ0) is 18.8. The molecular weight excluding hydrogens is 356 g/mol. The van der Waals surface area contributed by atoms with Crippen LogP contribution in [0.15, 0.2) is 29.2 Å². The van der Waals surface area contributed by atoms with Crippen LogP contribution in [0.3, 0.4) is 0 Å². The molecule has 1 amide bonds. The van der Waals surface area contributed by atoms with Gasteiger partial charge in [-0.1, -0.05) is 13.8 Å². The van der Waals surface area contributed by atoms with Crippen molar-refractivity contribution >= 4 is 15.9 Å². The zero-order valence-electron chi connectivity index (χ0n) is 15.3. The van der Waals surface area contributed by atoms with Gasteiger partial charge in [0, 0.05) is 44.6 Å². The Labute approximate surface area is 154 Å². The van der Waals surface area contributed by atoms with E-state index in [0.29, 0.717) is 57.8 Å². The fourth-order valence-corrected chi connectivity index (χ4v) is 4.96. The van der Waals surface area contributed by atoms with Gasteiger partial charge >= 0.3 is 0 Å². The Hall–Kier alpha value is -1.48. The fraction of sp³-hybridized carbons (Fsp3) is 0.611. The molecule has 2 fully saturated rings. The molecule has 0 aromatic heterocycles. The standard InChI is InChI=1S/C18H26N2O5S/c1-3-20(4-2)26(22,23)16-7-5-15(6-8-16)17(21)19-11-9-18(10-12-19)24-13-14-25-18/h5-8H,3-4,9-14H2,1-2H3. The normalized spacial score (nSPS) is 20.0. The number of hydrogen-bond acceptors (Lipinski definition) is 5. The van der Waals surface area contributed by atoms with Crippen molar-refractivity contribution in [3.63, 3.8) is 0 Å². The predicted molar refractivity (Wildman–Crippen MR) is 96.3 cm³/mol. The van der Waals surface area contributed by atoms with Crippen LogP contribution >= 0.6 is 0 Å². The molecule has 2 saturated heterocycles. The molecule has 26 heavy (non-hydrogen) atoms. The molecule has 1 aromatic carbocycles. The minimum atomic E-state index is -3.51. The van der Waals surface area contributed by atoms with Gasteiger partial charge in [0.15, 0.2) is 5.79 Å². The molecule has 0 unspecified atom stereocenters. The van der Waals surface area contributed by atoms with E-state index in [-0.39, 0.29) is 10.8 Å². The molecule has 0 N–H and O–H groups in total. The summed E-state index contributed by atoms with van der Waals surface area (Å²) in [5.74, 6) is -0.608. The summed E-state index contributed by atoms with van der Waals surface area (Å²) in [6.07, 6.45) is 1.32. The van der Waals surface area contributed by atoms with Crippen LogP contribution < -0.4 is 0 Å². The molecule has 2 heterocycles. The van der Waals surface area contributed by atoms with Crippen molar-refractivity contribution in [2.45, 2.75) is 37.4 Å². The van der Waals surface area contributed by atoms with E-state index >= 15 is 0 Å². The Morgan fingerprint density at radius 1 is 1.08 bits per heavy atom. The average molecular weight is 382 g/mol. The van der Waals surface area contributed by atoms with Crippen LogP contribution in [0.2, 0.25) is 0 Å². The maximum absolute atomic E-state index is 12.7. The first-order valence-electron chi connectivity index (χ1n) is 9.09. The lowest BCUT2D eigenvalue weighted by atomic mass is 10.0. The molecule has 0 aliphatic carbocycles. The van der Waals surface area contributed by atoms with E-state index in [1.807, 2.05) is 0 Å². The minimum Gasteiger partial charge on any atom is -0.347 e. The number of likely N-dealkylation sites (tertiary alicyclic amines) is 1. The van der Waals surface area contributed by atoms with Crippen molar-refractivity contribution in [3.05, 3.63) is 29.8 Å². The number of carbonyl (C=O) groups is 1. The summed E-state index contributed by atoms with van der Waals surface area (Å²) in [6.45, 7) is 6.79. The molecule has 144 valence electrons. The van der Waals surface area contributed by atoms with E-state index < -0.39 is 15.8 Å². The minimum absolute atomic E-state index is 0.0929. The molecule has 2 aliphatic rings. The zero-order valence-corrected chi connectivity index (χ0v) is 16.1. The molecule has 7 nitrogen and oxygen atoms in total. The topological polar surface area (TPSA) is 76.2 Å². The summed E-state index contributed by atoms with van der Waals surface area (Å²) in [5, 5.41) is 0. The van der Waals surface area contributed by atoms with Crippen molar-refractivity contribution in [3.8, 4) is 0 Å². The number of ether oxygens (including phenoxy) is 2. The van der Waals surface area contributed by atoms with Crippen molar-refractivity contribution in [1.29, 1.82) is 0 Å². The van der Waals surface area contributed by atoms with E-state index in [1.54, 1.807) is 30.9 Å². The number of sulfonamides is 1. The van der Waals surface area contributed by atoms with Crippen LogP contribution in [0.4, 0.5) is 0 Å². The van der Waals surface area contributed by atoms with Gasteiger partial charge in [0.05, 0.1) is 18.1 Å². The third kappa shape index (κ3) is 3.64. The second-order valence-electron chi connectivity index (χ2n) is 6.51. The maximum Gasteiger partial charge on any atom is 0.253 e. The molecule has 1 aromatic rings. The lowest BCUT2D eigenvalue weighted by molar-refractivity contribution is -0.181. The lowest BCUT2D eigenvalue weighted by Gasteiger charge is -2.37. The average Bonchev–Trinajstić information content (AvgIpc) is 3.11. The maximum atomic E-state index is 12.7. The van der Waals surface area contributed by atoms with Gasteiger partial charge in [-0.3, -0.25) is 4.79 Å². The highest BCUT2D eigenvalue weighted by Crippen LogP contribution is 2.31. The van der Waals surface area contributed by atoms with E-state index in [0.717, 1.165) is 0 Å². The number of carbonyl (C=O) groups excluding carboxylic acids is 1. The number of amides is 1. The highest BCUT2D eigenvalue weighted by Gasteiger charge is 2.40. The number of nitrogens with zero attached hydrogens (tertiary/aromatic N) is 2.